The molecule has 1 aliphatic rings. The quantitative estimate of drug-likeness (QED) is 0.552. The van der Waals surface area contributed by atoms with Crippen LogP contribution in [0.2, 0.25) is 5.02 Å². The number of halogens is 4. The molecule has 2 aromatic carbocycles. The predicted octanol–water partition coefficient (Wildman–Crippen LogP) is 5.63. The Bertz CT molecular complexity index is 1200. The van der Waals surface area contributed by atoms with E-state index in [9.17, 15) is 23.2 Å². The van der Waals surface area contributed by atoms with E-state index in [-0.39, 0.29) is 11.8 Å². The molecule has 1 aliphatic heterocycles. The first-order valence-electron chi connectivity index (χ1n) is 9.97. The molecule has 0 bridgehead atoms. The molecule has 1 aromatic heterocycles. The fourth-order valence-electron chi connectivity index (χ4n) is 3.93. The van der Waals surface area contributed by atoms with Gasteiger partial charge in [-0.05, 0) is 55.3 Å². The zero-order chi connectivity index (χ0) is 22.9. The monoisotopic (exact) mass is 458 g/mol. The second-order valence-corrected chi connectivity index (χ2v) is 8.06. The topological polar surface area (TPSA) is 69.0 Å². The molecule has 1 saturated heterocycles. The molecule has 0 spiro atoms. The number of benzene rings is 2. The summed E-state index contributed by atoms with van der Waals surface area (Å²) in [6.07, 6.45) is -1.79. The number of rotatable bonds is 3. The molecule has 164 valence electrons. The molecule has 1 amide bonds. The van der Waals surface area contributed by atoms with Gasteiger partial charge in [0.1, 0.15) is 6.07 Å². The van der Waals surface area contributed by atoms with Crippen molar-refractivity contribution >= 4 is 39.8 Å². The van der Waals surface area contributed by atoms with Crippen molar-refractivity contribution in [2.75, 3.05) is 23.3 Å². The minimum atomic E-state index is -4.42. The van der Waals surface area contributed by atoms with Gasteiger partial charge >= 0.3 is 6.18 Å². The number of alkyl halides is 3. The van der Waals surface area contributed by atoms with E-state index in [2.05, 4.69) is 21.3 Å². The molecule has 5 nitrogen and oxygen atoms in total. The summed E-state index contributed by atoms with van der Waals surface area (Å²) in [5, 5.41) is 13.6. The van der Waals surface area contributed by atoms with Crippen molar-refractivity contribution in [2.45, 2.75) is 19.0 Å². The number of fused-ring (bicyclic) bond motifs is 1. The average Bonchev–Trinajstić information content (AvgIpc) is 2.78. The number of anilines is 2. The van der Waals surface area contributed by atoms with Gasteiger partial charge < -0.3 is 10.2 Å². The predicted molar refractivity (Wildman–Crippen MR) is 116 cm³/mol. The molecule has 1 fully saturated rings. The highest BCUT2D eigenvalue weighted by Crippen LogP contribution is 2.34. The summed E-state index contributed by atoms with van der Waals surface area (Å²) in [5.74, 6) is -0.511. The van der Waals surface area contributed by atoms with Crippen LogP contribution in [0.5, 0.6) is 0 Å². The SMILES string of the molecule is N#Cc1cnc2ccc(Cl)cc2c1N1CCC(C(=O)Nc2ccc(C(F)(F)F)cc2)CC1. The molecule has 3 aromatic rings. The molecule has 0 atom stereocenters. The highest BCUT2D eigenvalue weighted by molar-refractivity contribution is 6.31. The number of hydrogen-bond acceptors (Lipinski definition) is 4. The summed E-state index contributed by atoms with van der Waals surface area (Å²) in [6, 6.07) is 11.9. The number of amides is 1. The number of nitriles is 1. The Labute approximate surface area is 187 Å². The van der Waals surface area contributed by atoms with Crippen molar-refractivity contribution in [1.82, 2.24) is 4.98 Å². The van der Waals surface area contributed by atoms with Gasteiger partial charge in [-0.3, -0.25) is 9.78 Å². The normalized spacial score (nSPS) is 14.9. The first-order valence-corrected chi connectivity index (χ1v) is 10.4. The summed E-state index contributed by atoms with van der Waals surface area (Å²) < 4.78 is 38.1. The van der Waals surface area contributed by atoms with Crippen molar-refractivity contribution in [2.24, 2.45) is 5.92 Å². The highest BCUT2D eigenvalue weighted by atomic mass is 35.5. The maximum Gasteiger partial charge on any atom is 0.416 e. The van der Waals surface area contributed by atoms with Crippen LogP contribution in [0.3, 0.4) is 0 Å². The van der Waals surface area contributed by atoms with E-state index in [1.165, 1.54) is 18.3 Å². The van der Waals surface area contributed by atoms with E-state index in [1.54, 1.807) is 18.2 Å². The molecule has 32 heavy (non-hydrogen) atoms. The van der Waals surface area contributed by atoms with Crippen molar-refractivity contribution in [3.8, 4) is 6.07 Å². The molecular formula is C23H18ClF3N4O. The minimum Gasteiger partial charge on any atom is -0.370 e. The van der Waals surface area contributed by atoms with Gasteiger partial charge in [-0.1, -0.05) is 11.6 Å². The molecule has 2 heterocycles. The molecule has 9 heteroatoms. The molecule has 0 radical (unpaired) electrons. The number of piperidine rings is 1. The van der Waals surface area contributed by atoms with E-state index >= 15 is 0 Å². The van der Waals surface area contributed by atoms with Crippen molar-refractivity contribution < 1.29 is 18.0 Å². The number of nitrogens with zero attached hydrogens (tertiary/aromatic N) is 3. The Morgan fingerprint density at radius 3 is 2.47 bits per heavy atom. The van der Waals surface area contributed by atoms with Crippen LogP contribution in [0.15, 0.2) is 48.7 Å². The molecule has 0 aliphatic carbocycles. The fraction of sp³-hybridized carbons (Fsp3) is 0.261. The van der Waals surface area contributed by atoms with E-state index in [0.29, 0.717) is 42.2 Å². The molecule has 4 rings (SSSR count). The number of carbonyl (C=O) groups is 1. The molecule has 1 N–H and O–H groups in total. The second kappa shape index (κ2) is 8.67. The van der Waals surface area contributed by atoms with Crippen LogP contribution in [0, 0.1) is 17.2 Å². The van der Waals surface area contributed by atoms with Crippen molar-refractivity contribution in [3.63, 3.8) is 0 Å². The van der Waals surface area contributed by atoms with E-state index < -0.39 is 11.7 Å². The van der Waals surface area contributed by atoms with Crippen LogP contribution in [-0.4, -0.2) is 24.0 Å². The number of aromatic nitrogens is 1. The standard InChI is InChI=1S/C23H18ClF3N4O/c24-17-3-6-20-19(11-17)21(15(12-28)13-29-20)31-9-7-14(8-10-31)22(32)30-18-4-1-16(2-5-18)23(25,26)27/h1-6,11,13-14H,7-10H2,(H,30,32). The smallest absolute Gasteiger partial charge is 0.370 e. The Morgan fingerprint density at radius 1 is 1.16 bits per heavy atom. The van der Waals surface area contributed by atoms with E-state index in [4.69, 9.17) is 11.6 Å². The maximum absolute atomic E-state index is 12.7. The van der Waals surface area contributed by atoms with Gasteiger partial charge in [0.2, 0.25) is 5.91 Å². The Balaban J connectivity index is 1.46. The third kappa shape index (κ3) is 4.48. The lowest BCUT2D eigenvalue weighted by atomic mass is 9.94. The van der Waals surface area contributed by atoms with Gasteiger partial charge in [0.25, 0.3) is 0 Å². The van der Waals surface area contributed by atoms with Crippen LogP contribution in [0.4, 0.5) is 24.5 Å². The van der Waals surface area contributed by atoms with Crippen LogP contribution in [-0.2, 0) is 11.0 Å². The van der Waals surface area contributed by atoms with Gasteiger partial charge in [0, 0.05) is 41.3 Å². The second-order valence-electron chi connectivity index (χ2n) is 7.62. The van der Waals surface area contributed by atoms with Gasteiger partial charge in [-0.15, -0.1) is 0 Å². The lowest BCUT2D eigenvalue weighted by Gasteiger charge is -2.34. The average molecular weight is 459 g/mol. The third-order valence-corrected chi connectivity index (χ3v) is 5.82. The van der Waals surface area contributed by atoms with Gasteiger partial charge in [-0.25, -0.2) is 0 Å². The van der Waals surface area contributed by atoms with Crippen LogP contribution < -0.4 is 10.2 Å². The third-order valence-electron chi connectivity index (χ3n) is 5.58. The Hall–Kier alpha value is -3.31. The zero-order valence-electron chi connectivity index (χ0n) is 16.8. The minimum absolute atomic E-state index is 0.229. The number of nitrogens with one attached hydrogen (secondary N) is 1. The first-order chi connectivity index (χ1) is 15.3. The molecule has 0 saturated carbocycles. The van der Waals surface area contributed by atoms with Gasteiger partial charge in [0.15, 0.2) is 0 Å². The van der Waals surface area contributed by atoms with E-state index in [0.717, 1.165) is 28.7 Å². The largest absolute Gasteiger partial charge is 0.416 e. The first kappa shape index (κ1) is 21.9. The summed E-state index contributed by atoms with van der Waals surface area (Å²) in [4.78, 5) is 19.0. The number of hydrogen-bond donors (Lipinski definition) is 1. The summed E-state index contributed by atoms with van der Waals surface area (Å²) in [6.45, 7) is 1.09. The van der Waals surface area contributed by atoms with E-state index in [1.807, 2.05) is 0 Å². The van der Waals surface area contributed by atoms with Crippen LogP contribution in [0.1, 0.15) is 24.0 Å². The summed E-state index contributed by atoms with van der Waals surface area (Å²) in [7, 11) is 0. The Kier molecular flexibility index (Phi) is 5.94. The lowest BCUT2D eigenvalue weighted by Crippen LogP contribution is -2.38. The number of carbonyl (C=O) groups excluding carboxylic acids is 1. The highest BCUT2D eigenvalue weighted by Gasteiger charge is 2.30. The van der Waals surface area contributed by atoms with Crippen LogP contribution >= 0.6 is 11.6 Å². The fourth-order valence-corrected chi connectivity index (χ4v) is 4.10. The molecule has 0 unspecified atom stereocenters. The zero-order valence-corrected chi connectivity index (χ0v) is 17.5. The van der Waals surface area contributed by atoms with Crippen molar-refractivity contribution in [3.05, 3.63) is 64.8 Å². The van der Waals surface area contributed by atoms with Crippen molar-refractivity contribution in [1.29, 1.82) is 5.26 Å². The van der Waals surface area contributed by atoms with Crippen LogP contribution in [0.25, 0.3) is 10.9 Å². The molecular weight excluding hydrogens is 441 g/mol. The van der Waals surface area contributed by atoms with Gasteiger partial charge in [-0.2, -0.15) is 18.4 Å². The summed E-state index contributed by atoms with van der Waals surface area (Å²) in [5.41, 5.74) is 1.48. The summed E-state index contributed by atoms with van der Waals surface area (Å²) >= 11 is 6.16. The Morgan fingerprint density at radius 2 is 1.84 bits per heavy atom. The lowest BCUT2D eigenvalue weighted by molar-refractivity contribution is -0.137. The maximum atomic E-state index is 12.7. The number of pyridine rings is 1. The van der Waals surface area contributed by atoms with Gasteiger partial charge in [0.05, 0.1) is 22.3 Å².